The summed E-state index contributed by atoms with van der Waals surface area (Å²) >= 11 is 0. The van der Waals surface area contributed by atoms with Gasteiger partial charge >= 0.3 is 0 Å². The Kier molecular flexibility index (Phi) is 16.3. The smallest absolute Gasteiger partial charge is 0.270 e. The van der Waals surface area contributed by atoms with Crippen molar-refractivity contribution in [1.82, 2.24) is 44.2 Å². The molecule has 3 amide bonds. The molecule has 6 aromatic rings. The molecule has 0 unspecified atom stereocenters. The van der Waals surface area contributed by atoms with Crippen LogP contribution >= 0.6 is 0 Å². The number of primary amides is 2. The summed E-state index contributed by atoms with van der Waals surface area (Å²) in [4.78, 5) is 58.7. The van der Waals surface area contributed by atoms with Crippen LogP contribution in [0.15, 0.2) is 78.1 Å². The number of ether oxygens (including phenoxy) is 2. The molecule has 21 heteroatoms. The van der Waals surface area contributed by atoms with Crippen LogP contribution in [0.3, 0.4) is 0 Å². The van der Waals surface area contributed by atoms with Crippen LogP contribution in [0.2, 0.25) is 0 Å². The van der Waals surface area contributed by atoms with E-state index in [0.29, 0.717) is 82.3 Å². The Bertz CT molecular complexity index is 2720. The fraction of sp³-hybridized carbons (Fsp3) is 0.295. The first-order valence-electron chi connectivity index (χ1n) is 20.5. The van der Waals surface area contributed by atoms with Gasteiger partial charge in [0.2, 0.25) is 17.8 Å². The van der Waals surface area contributed by atoms with Crippen molar-refractivity contribution in [2.45, 2.75) is 53.9 Å². The average Bonchev–Trinajstić information content (AvgIpc) is 4.09. The first kappa shape index (κ1) is 47.8. The Morgan fingerprint density at radius 2 is 1.58 bits per heavy atom. The van der Waals surface area contributed by atoms with Gasteiger partial charge in [-0.15, -0.1) is 0 Å². The predicted octanol–water partition coefficient (Wildman–Crippen LogP) is 4.03. The van der Waals surface area contributed by atoms with E-state index in [9.17, 15) is 19.2 Å². The summed E-state index contributed by atoms with van der Waals surface area (Å²) in [6.45, 7) is 13.8. The third-order valence-electron chi connectivity index (χ3n) is 9.81. The number of aldehydes is 1. The number of rotatable bonds is 21. The molecule has 0 atom stereocenters. The molecule has 0 aliphatic carbocycles. The number of aromatic nitrogens is 8. The highest BCUT2D eigenvalue weighted by Crippen LogP contribution is 2.39. The van der Waals surface area contributed by atoms with Crippen molar-refractivity contribution in [2.75, 3.05) is 49.9 Å². The number of fused-ring (bicyclic) bond motifs is 1. The fourth-order valence-corrected chi connectivity index (χ4v) is 6.81. The normalized spacial score (nSPS) is 11.1. The molecular weight excluding hydrogens is 835 g/mol. The lowest BCUT2D eigenvalue weighted by Crippen LogP contribution is -2.39. The monoisotopic (exact) mass is 889 g/mol. The second kappa shape index (κ2) is 22.2. The number of aryl methyl sites for hydroxylation is 4. The number of allylic oxidation sites excluding steroid dienone is 2. The minimum absolute atomic E-state index is 0.0247. The van der Waals surface area contributed by atoms with Crippen LogP contribution in [0.5, 0.6) is 11.5 Å². The molecule has 0 radical (unpaired) electrons. The number of hydrogen-bond donors (Lipinski definition) is 5. The van der Waals surface area contributed by atoms with Gasteiger partial charge in [-0.1, -0.05) is 18.2 Å². The Labute approximate surface area is 375 Å². The number of imidazole rings is 1. The Morgan fingerprint density at radius 3 is 2.20 bits per heavy atom. The number of nitrogens with zero attached hydrogens (tertiary/aromatic N) is 10. The van der Waals surface area contributed by atoms with Crippen LogP contribution < -0.4 is 42.2 Å². The number of nitrogen functional groups attached to an aromatic ring is 1. The standard InChI is InChI=1S/C37H45N13O5.C7H10N2O/c1-6-50-29(15-23(2)46-50)36(53)43-22-47(32-27(41-3)16-24(34(39)51)18-30(32)54-5)11-7-8-13-49-33-28(45-37(49)42-4)17-25(35(40)52)19-31(33)55-14-10-9-12-48-21-26(38)20-44-48;1-3-9-7(5-10)4-6(2)8-9/h7-10,15-21H,3,6,11-14,22,38H2,1-2,4-5H3,(H2,39,51)(H2,40,52)(H,42,45)(H,43,53);4-5H,3H2,1-2H3/b8-7+,10-9+;. The highest BCUT2D eigenvalue weighted by atomic mass is 16.5. The summed E-state index contributed by atoms with van der Waals surface area (Å²) in [5, 5.41) is 18.7. The summed E-state index contributed by atoms with van der Waals surface area (Å²) in [5.41, 5.74) is 22.6. The van der Waals surface area contributed by atoms with E-state index in [-0.39, 0.29) is 36.9 Å². The van der Waals surface area contributed by atoms with Crippen molar-refractivity contribution in [3.8, 4) is 11.5 Å². The Balaban J connectivity index is 0.000000699. The lowest BCUT2D eigenvalue weighted by atomic mass is 10.1. The van der Waals surface area contributed by atoms with E-state index in [1.54, 1.807) is 57.8 Å². The molecule has 0 aliphatic heterocycles. The lowest BCUT2D eigenvalue weighted by molar-refractivity contribution is 0.0941. The molecule has 0 aliphatic rings. The highest BCUT2D eigenvalue weighted by molar-refractivity contribution is 5.99. The minimum Gasteiger partial charge on any atom is -0.494 e. The van der Waals surface area contributed by atoms with Gasteiger partial charge in [0.25, 0.3) is 5.91 Å². The van der Waals surface area contributed by atoms with E-state index < -0.39 is 11.8 Å². The van der Waals surface area contributed by atoms with Gasteiger partial charge in [0, 0.05) is 50.6 Å². The van der Waals surface area contributed by atoms with Crippen molar-refractivity contribution in [3.05, 3.63) is 107 Å². The zero-order valence-electron chi connectivity index (χ0n) is 37.3. The molecule has 2 aromatic carbocycles. The lowest BCUT2D eigenvalue weighted by Gasteiger charge is -2.27. The van der Waals surface area contributed by atoms with Crippen molar-refractivity contribution in [3.63, 3.8) is 0 Å². The summed E-state index contributed by atoms with van der Waals surface area (Å²) in [7, 11) is 3.20. The first-order valence-corrected chi connectivity index (χ1v) is 20.5. The molecule has 4 heterocycles. The van der Waals surface area contributed by atoms with Gasteiger partial charge in [-0.25, -0.2) is 4.98 Å². The number of carbonyl (C=O) groups excluding carboxylic acids is 4. The Hall–Kier alpha value is -8.23. The average molecular weight is 890 g/mol. The van der Waals surface area contributed by atoms with Crippen LogP contribution in [0.25, 0.3) is 11.0 Å². The summed E-state index contributed by atoms with van der Waals surface area (Å²) in [6.07, 6.45) is 11.7. The van der Waals surface area contributed by atoms with Gasteiger partial charge in [0.15, 0.2) is 6.29 Å². The number of methoxy groups -OCH3 is 1. The molecule has 0 saturated heterocycles. The molecule has 6 rings (SSSR count). The highest BCUT2D eigenvalue weighted by Gasteiger charge is 2.22. The molecule has 0 bridgehead atoms. The van der Waals surface area contributed by atoms with Gasteiger partial charge in [-0.2, -0.15) is 15.3 Å². The fourth-order valence-electron chi connectivity index (χ4n) is 6.81. The van der Waals surface area contributed by atoms with Crippen LogP contribution in [0.4, 0.5) is 23.0 Å². The van der Waals surface area contributed by atoms with Crippen LogP contribution in [0, 0.1) is 13.8 Å². The van der Waals surface area contributed by atoms with Crippen LogP contribution in [-0.4, -0.2) is 104 Å². The maximum atomic E-state index is 13.4. The molecule has 4 aromatic heterocycles. The van der Waals surface area contributed by atoms with Crippen molar-refractivity contribution in [1.29, 1.82) is 0 Å². The number of anilines is 3. The predicted molar refractivity (Wildman–Crippen MR) is 249 cm³/mol. The van der Waals surface area contributed by atoms with Crippen LogP contribution in [0.1, 0.15) is 66.9 Å². The van der Waals surface area contributed by atoms with Crippen LogP contribution in [-0.2, 0) is 26.2 Å². The third kappa shape index (κ3) is 11.8. The molecule has 342 valence electrons. The largest absolute Gasteiger partial charge is 0.494 e. The van der Waals surface area contributed by atoms with E-state index in [0.717, 1.165) is 18.5 Å². The number of nitrogens with one attached hydrogen (secondary N) is 2. The van der Waals surface area contributed by atoms with E-state index in [1.165, 1.54) is 19.2 Å². The van der Waals surface area contributed by atoms with Crippen molar-refractivity contribution >= 4 is 64.8 Å². The zero-order chi connectivity index (χ0) is 47.2. The van der Waals surface area contributed by atoms with Crippen molar-refractivity contribution in [2.24, 2.45) is 16.5 Å². The van der Waals surface area contributed by atoms with Gasteiger partial charge < -0.3 is 46.8 Å². The first-order chi connectivity index (χ1) is 31.2. The molecule has 0 spiro atoms. The second-order valence-corrected chi connectivity index (χ2v) is 14.3. The number of hydrogen-bond acceptors (Lipinski definition) is 14. The number of nitrogens with two attached hydrogens (primary N) is 3. The molecule has 21 nitrogen and oxygen atoms in total. The Morgan fingerprint density at radius 1 is 0.908 bits per heavy atom. The number of carbonyl (C=O) groups is 4. The maximum absolute atomic E-state index is 13.4. The quantitative estimate of drug-likeness (QED) is 0.0296. The minimum atomic E-state index is -0.659. The third-order valence-corrected chi connectivity index (χ3v) is 9.81. The topological polar surface area (TPSA) is 276 Å². The number of benzene rings is 2. The maximum Gasteiger partial charge on any atom is 0.270 e. The molecule has 0 fully saturated rings. The van der Waals surface area contributed by atoms with Gasteiger partial charge in [-0.05, 0) is 76.9 Å². The van der Waals surface area contributed by atoms with E-state index in [4.69, 9.17) is 31.7 Å². The summed E-state index contributed by atoms with van der Waals surface area (Å²) in [6, 6.07) is 9.73. The number of amides is 3. The molecule has 8 N–H and O–H groups in total. The van der Waals surface area contributed by atoms with Crippen molar-refractivity contribution < 1.29 is 28.7 Å². The second-order valence-electron chi connectivity index (χ2n) is 14.3. The van der Waals surface area contributed by atoms with E-state index in [2.05, 4.69) is 37.6 Å². The number of aliphatic imine (C=N–C) groups is 1. The SMILES string of the molecule is C=Nc1cc(C(N)=O)cc(OC)c1N(C/C=C/Cn1c(NC)nc2cc(C(N)=O)cc(OC/C=C/Cn3cc(N)cn3)c21)CNC(=O)c1cc(C)nn1CC.CCn1nc(C)cc1C=O. The van der Waals surface area contributed by atoms with E-state index >= 15 is 0 Å². The molecule has 0 saturated carbocycles. The zero-order valence-corrected chi connectivity index (χ0v) is 37.3. The van der Waals surface area contributed by atoms with Gasteiger partial charge in [0.05, 0.1) is 54.8 Å². The molecular formula is C44H55N15O6. The van der Waals surface area contributed by atoms with E-state index in [1.807, 2.05) is 61.5 Å². The summed E-state index contributed by atoms with van der Waals surface area (Å²) < 4.78 is 18.7. The molecule has 65 heavy (non-hydrogen) atoms. The summed E-state index contributed by atoms with van der Waals surface area (Å²) in [5.74, 6) is -0.366. The van der Waals surface area contributed by atoms with Gasteiger partial charge in [-0.3, -0.25) is 38.2 Å². The van der Waals surface area contributed by atoms with Gasteiger partial charge in [0.1, 0.15) is 40.7 Å².